The van der Waals surface area contributed by atoms with Crippen LogP contribution in [0, 0.1) is 0 Å². The van der Waals surface area contributed by atoms with Gasteiger partial charge in [-0.05, 0) is 0 Å². The maximum absolute atomic E-state index is 5.51. The lowest BCUT2D eigenvalue weighted by Crippen LogP contribution is -2.15. The highest BCUT2D eigenvalue weighted by Crippen LogP contribution is 2.10. The number of aromatic nitrogens is 2. The number of anilines is 1. The van der Waals surface area contributed by atoms with E-state index in [2.05, 4.69) is 14.5 Å². The van der Waals surface area contributed by atoms with Crippen LogP contribution in [0.25, 0.3) is 0 Å². The third-order valence-electron chi connectivity index (χ3n) is 1.20. The predicted octanol–water partition coefficient (Wildman–Crippen LogP) is -3.47. The molecule has 12 heavy (non-hydrogen) atoms. The summed E-state index contributed by atoms with van der Waals surface area (Å²) in [5.41, 5.74) is 6.27. The molecule has 1 rings (SSSR count). The summed E-state index contributed by atoms with van der Waals surface area (Å²) in [6.45, 7) is 0. The highest BCUT2D eigenvalue weighted by molar-refractivity contribution is 6.30. The molecule has 0 aliphatic rings. The number of hydrogen-bond acceptors (Lipinski definition) is 5. The highest BCUT2D eigenvalue weighted by atomic mass is 16.6. The van der Waals surface area contributed by atoms with E-state index in [1.54, 1.807) is 6.20 Å². The standard InChI is InChI=1S/C4H8B3N3O2/c5-2-1-9-4(3(8)10-2)11-7-12-6/h1,7H,5-6H2,(H2,8,10). The molecule has 0 radical (unpaired) electrons. The van der Waals surface area contributed by atoms with Crippen molar-refractivity contribution in [2.24, 2.45) is 0 Å². The smallest absolute Gasteiger partial charge is 0.492 e. The van der Waals surface area contributed by atoms with Crippen LogP contribution >= 0.6 is 0 Å². The molecule has 5 nitrogen and oxygen atoms in total. The fourth-order valence-corrected chi connectivity index (χ4v) is 0.711. The van der Waals surface area contributed by atoms with E-state index in [-0.39, 0.29) is 13.5 Å². The van der Waals surface area contributed by atoms with Crippen molar-refractivity contribution >= 4 is 35.0 Å². The lowest BCUT2D eigenvalue weighted by molar-refractivity contribution is 0.470. The Hall–Kier alpha value is -1.17. The normalized spacial score (nSPS) is 9.33. The average molecular weight is 163 g/mol. The first-order valence-electron chi connectivity index (χ1n) is 3.45. The summed E-state index contributed by atoms with van der Waals surface area (Å²) in [5.74, 6) is 0.592. The van der Waals surface area contributed by atoms with Crippen molar-refractivity contribution in [3.8, 4) is 5.88 Å². The first-order chi connectivity index (χ1) is 5.74. The van der Waals surface area contributed by atoms with Crippen LogP contribution in [0.5, 0.6) is 5.88 Å². The highest BCUT2D eigenvalue weighted by Gasteiger charge is 2.03. The van der Waals surface area contributed by atoms with Crippen molar-refractivity contribution in [2.75, 3.05) is 5.73 Å². The Kier molecular flexibility index (Phi) is 2.98. The Bertz CT molecular complexity index is 272. The SMILES string of the molecule is BOBOc1ncc(B)nc1N. The van der Waals surface area contributed by atoms with Gasteiger partial charge in [0, 0.05) is 11.8 Å². The van der Waals surface area contributed by atoms with E-state index in [1.807, 2.05) is 7.85 Å². The molecular weight excluding hydrogens is 154 g/mol. The van der Waals surface area contributed by atoms with E-state index in [0.29, 0.717) is 5.88 Å². The van der Waals surface area contributed by atoms with Gasteiger partial charge in [-0.15, -0.1) is 0 Å². The first-order valence-corrected chi connectivity index (χ1v) is 3.45. The van der Waals surface area contributed by atoms with Crippen molar-refractivity contribution in [3.05, 3.63) is 6.20 Å². The number of nitrogen functional groups attached to an aromatic ring is 1. The lowest BCUT2D eigenvalue weighted by atomic mass is 10.1. The second kappa shape index (κ2) is 4.01. The molecule has 8 heteroatoms. The molecule has 0 atom stereocenters. The van der Waals surface area contributed by atoms with Crippen LogP contribution in [-0.4, -0.2) is 33.5 Å². The molecule has 0 saturated carbocycles. The largest absolute Gasteiger partial charge is 0.523 e. The maximum atomic E-state index is 5.51. The number of nitrogens with zero attached hydrogens (tertiary/aromatic N) is 2. The molecule has 1 aromatic heterocycles. The number of nitrogens with two attached hydrogens (primary N) is 1. The van der Waals surface area contributed by atoms with Gasteiger partial charge in [-0.1, -0.05) is 0 Å². The molecule has 0 aromatic carbocycles. The number of hydrogen-bond donors (Lipinski definition) is 1. The molecular formula is C4H8B3N3O2. The average Bonchev–Trinajstić information content (AvgIpc) is 2.03. The lowest BCUT2D eigenvalue weighted by Gasteiger charge is -2.04. The van der Waals surface area contributed by atoms with Gasteiger partial charge in [0.1, 0.15) is 0 Å². The molecule has 0 aliphatic carbocycles. The van der Waals surface area contributed by atoms with E-state index in [0.717, 1.165) is 5.59 Å². The Morgan fingerprint density at radius 2 is 2.33 bits per heavy atom. The topological polar surface area (TPSA) is 70.3 Å². The fraction of sp³-hybridized carbons (Fsp3) is 0. The third-order valence-corrected chi connectivity index (χ3v) is 1.20. The summed E-state index contributed by atoms with van der Waals surface area (Å²) in [7, 11) is 3.46. The fourth-order valence-electron chi connectivity index (χ4n) is 0.711. The van der Waals surface area contributed by atoms with Crippen molar-refractivity contribution in [1.82, 2.24) is 9.97 Å². The second-order valence-electron chi connectivity index (χ2n) is 2.25. The Morgan fingerprint density at radius 3 is 2.92 bits per heavy atom. The van der Waals surface area contributed by atoms with Gasteiger partial charge in [-0.25, -0.2) is 9.97 Å². The van der Waals surface area contributed by atoms with Gasteiger partial charge in [-0.3, -0.25) is 0 Å². The van der Waals surface area contributed by atoms with Gasteiger partial charge in [0.2, 0.25) is 13.9 Å². The monoisotopic (exact) mass is 163 g/mol. The van der Waals surface area contributed by atoms with Gasteiger partial charge in [-0.2, -0.15) is 0 Å². The molecule has 1 heterocycles. The summed E-state index contributed by atoms with van der Waals surface area (Å²) < 4.78 is 9.71. The molecule has 0 fully saturated rings. The van der Waals surface area contributed by atoms with Gasteiger partial charge in [0.25, 0.3) is 0 Å². The first kappa shape index (κ1) is 8.93. The molecule has 1 aromatic rings. The Balaban J connectivity index is 2.72. The summed E-state index contributed by atoms with van der Waals surface area (Å²) in [4.78, 5) is 7.89. The van der Waals surface area contributed by atoms with E-state index in [1.165, 1.54) is 8.05 Å². The van der Waals surface area contributed by atoms with Gasteiger partial charge in [0.05, 0.1) is 0 Å². The van der Waals surface area contributed by atoms with Crippen molar-refractivity contribution < 1.29 is 9.23 Å². The Morgan fingerprint density at radius 1 is 1.58 bits per heavy atom. The summed E-state index contributed by atoms with van der Waals surface area (Å²) >= 11 is 0. The van der Waals surface area contributed by atoms with E-state index >= 15 is 0 Å². The van der Waals surface area contributed by atoms with E-state index in [4.69, 9.17) is 10.4 Å². The second-order valence-corrected chi connectivity index (χ2v) is 2.25. The zero-order valence-electron chi connectivity index (χ0n) is 7.07. The predicted molar refractivity (Wildman–Crippen MR) is 52.0 cm³/mol. The van der Waals surface area contributed by atoms with E-state index in [9.17, 15) is 0 Å². The Labute approximate surface area is 72.8 Å². The van der Waals surface area contributed by atoms with E-state index < -0.39 is 0 Å². The van der Waals surface area contributed by atoms with Gasteiger partial charge < -0.3 is 15.0 Å². The zero-order valence-corrected chi connectivity index (χ0v) is 7.07. The van der Waals surface area contributed by atoms with Crippen LogP contribution in [0.1, 0.15) is 0 Å². The van der Waals surface area contributed by atoms with Crippen LogP contribution in [0.4, 0.5) is 5.82 Å². The molecule has 0 bridgehead atoms. The number of rotatable bonds is 3. The zero-order chi connectivity index (χ0) is 8.97. The van der Waals surface area contributed by atoms with Crippen molar-refractivity contribution in [2.45, 2.75) is 0 Å². The molecule has 0 aliphatic heterocycles. The third kappa shape index (κ3) is 2.16. The quantitative estimate of drug-likeness (QED) is 0.468. The minimum atomic E-state index is 0.127. The van der Waals surface area contributed by atoms with Crippen molar-refractivity contribution in [3.63, 3.8) is 0 Å². The van der Waals surface area contributed by atoms with Gasteiger partial charge in [0.15, 0.2) is 13.7 Å². The summed E-state index contributed by atoms with van der Waals surface area (Å²) in [5, 5.41) is 0. The molecule has 0 amide bonds. The maximum Gasteiger partial charge on any atom is 0.492 e. The molecule has 0 spiro atoms. The molecule has 0 saturated heterocycles. The van der Waals surface area contributed by atoms with Crippen LogP contribution < -0.4 is 16.0 Å². The van der Waals surface area contributed by atoms with Crippen molar-refractivity contribution in [1.29, 1.82) is 0 Å². The summed E-state index contributed by atoms with van der Waals surface area (Å²) in [6, 6.07) is 0. The minimum Gasteiger partial charge on any atom is -0.523 e. The van der Waals surface area contributed by atoms with Crippen LogP contribution in [-0.2, 0) is 4.57 Å². The van der Waals surface area contributed by atoms with Crippen LogP contribution in [0.15, 0.2) is 6.20 Å². The molecule has 2 N–H and O–H groups in total. The summed E-state index contributed by atoms with van der Waals surface area (Å²) in [6.07, 6.45) is 1.58. The van der Waals surface area contributed by atoms with Crippen LogP contribution in [0.2, 0.25) is 0 Å². The molecule has 0 unspecified atom stereocenters. The van der Waals surface area contributed by atoms with Gasteiger partial charge >= 0.3 is 7.69 Å². The minimum absolute atomic E-state index is 0.127. The van der Waals surface area contributed by atoms with Crippen LogP contribution in [0.3, 0.4) is 0 Å². The molecule has 60 valence electrons.